The number of methoxy groups -OCH3 is 1. The van der Waals surface area contributed by atoms with Gasteiger partial charge in [-0.05, 0) is 35.9 Å². The summed E-state index contributed by atoms with van der Waals surface area (Å²) in [5.41, 5.74) is 3.66. The summed E-state index contributed by atoms with van der Waals surface area (Å²) in [7, 11) is 1.65. The third kappa shape index (κ3) is 3.53. The number of nitrogens with zero attached hydrogens (tertiary/aromatic N) is 3. The van der Waals surface area contributed by atoms with Crippen molar-refractivity contribution in [3.05, 3.63) is 88.4 Å². The molecule has 0 fully saturated rings. The van der Waals surface area contributed by atoms with Crippen molar-refractivity contribution in [2.45, 2.75) is 6.54 Å². The van der Waals surface area contributed by atoms with Gasteiger partial charge in [0.25, 0.3) is 5.56 Å². The van der Waals surface area contributed by atoms with E-state index in [4.69, 9.17) is 9.72 Å². The average molecular weight is 432 g/mol. The van der Waals surface area contributed by atoms with Crippen LogP contribution in [-0.4, -0.2) is 21.6 Å². The van der Waals surface area contributed by atoms with Crippen molar-refractivity contribution in [1.82, 2.24) is 14.5 Å². The molecule has 0 aliphatic heterocycles. The van der Waals surface area contributed by atoms with E-state index in [2.05, 4.69) is 4.98 Å². The summed E-state index contributed by atoms with van der Waals surface area (Å²) in [5, 5.41) is 2.90. The van der Waals surface area contributed by atoms with Crippen LogP contribution in [0.25, 0.3) is 31.2 Å². The highest BCUT2D eigenvalue weighted by atomic mass is 32.1. The maximum absolute atomic E-state index is 13.0. The lowest BCUT2D eigenvalue weighted by molar-refractivity contribution is 0.415. The molecule has 0 N–H and O–H groups in total. The molecule has 0 aliphatic carbocycles. The molecular weight excluding hydrogens is 414 g/mol. The molecule has 30 heavy (non-hydrogen) atoms. The van der Waals surface area contributed by atoms with Crippen LogP contribution in [0.15, 0.2) is 77.2 Å². The molecule has 5 rings (SSSR count). The van der Waals surface area contributed by atoms with Crippen LogP contribution in [0, 0.1) is 0 Å². The van der Waals surface area contributed by atoms with E-state index in [-0.39, 0.29) is 5.56 Å². The molecule has 7 heteroatoms. The number of aromatic nitrogens is 3. The van der Waals surface area contributed by atoms with E-state index < -0.39 is 0 Å². The Balaban J connectivity index is 1.43. The fourth-order valence-electron chi connectivity index (χ4n) is 3.22. The van der Waals surface area contributed by atoms with Crippen molar-refractivity contribution in [3.8, 4) is 26.8 Å². The fraction of sp³-hybridized carbons (Fsp3) is 0.0870. The predicted octanol–water partition coefficient (Wildman–Crippen LogP) is 5.31. The summed E-state index contributed by atoms with van der Waals surface area (Å²) in [6, 6.07) is 19.8. The SMILES string of the molecule is COc1ccc(-c2nc(Cn3cnc4cc(-c5ccccc5)sc4c3=O)cs2)cc1. The van der Waals surface area contributed by atoms with Gasteiger partial charge in [-0.25, -0.2) is 9.97 Å². The Morgan fingerprint density at radius 1 is 1.03 bits per heavy atom. The first-order chi connectivity index (χ1) is 14.7. The van der Waals surface area contributed by atoms with E-state index in [1.165, 1.54) is 11.3 Å². The van der Waals surface area contributed by atoms with Crippen LogP contribution < -0.4 is 10.3 Å². The Morgan fingerprint density at radius 3 is 2.60 bits per heavy atom. The zero-order chi connectivity index (χ0) is 20.5. The second-order valence-electron chi connectivity index (χ2n) is 6.74. The molecule has 0 radical (unpaired) electrons. The minimum Gasteiger partial charge on any atom is -0.497 e. The van der Waals surface area contributed by atoms with E-state index >= 15 is 0 Å². The molecule has 5 aromatic rings. The summed E-state index contributed by atoms with van der Waals surface area (Å²) in [5.74, 6) is 0.812. The lowest BCUT2D eigenvalue weighted by Crippen LogP contribution is -2.20. The van der Waals surface area contributed by atoms with Crippen molar-refractivity contribution in [1.29, 1.82) is 0 Å². The monoisotopic (exact) mass is 431 g/mol. The Bertz CT molecular complexity index is 1370. The van der Waals surface area contributed by atoms with Gasteiger partial charge in [0.05, 0.1) is 31.2 Å². The molecule has 3 heterocycles. The molecular formula is C23H17N3O2S2. The number of fused-ring (bicyclic) bond motifs is 1. The molecule has 0 unspecified atom stereocenters. The van der Waals surface area contributed by atoms with E-state index in [1.54, 1.807) is 29.3 Å². The van der Waals surface area contributed by atoms with Gasteiger partial charge in [0.2, 0.25) is 0 Å². The summed E-state index contributed by atoms with van der Waals surface area (Å²) >= 11 is 3.04. The van der Waals surface area contributed by atoms with Crippen molar-refractivity contribution in [2.75, 3.05) is 7.11 Å². The minimum atomic E-state index is -0.0359. The summed E-state index contributed by atoms with van der Waals surface area (Å²) in [6.45, 7) is 0.396. The van der Waals surface area contributed by atoms with Gasteiger partial charge in [-0.3, -0.25) is 9.36 Å². The van der Waals surface area contributed by atoms with Crippen LogP contribution >= 0.6 is 22.7 Å². The number of thiazole rings is 1. The number of hydrogen-bond donors (Lipinski definition) is 0. The van der Waals surface area contributed by atoms with E-state index in [1.807, 2.05) is 66.0 Å². The molecule has 0 spiro atoms. The average Bonchev–Trinajstić information content (AvgIpc) is 3.44. The molecule has 0 aliphatic rings. The van der Waals surface area contributed by atoms with Gasteiger partial charge in [0.1, 0.15) is 15.5 Å². The molecule has 2 aromatic carbocycles. The van der Waals surface area contributed by atoms with Crippen molar-refractivity contribution in [2.24, 2.45) is 0 Å². The highest BCUT2D eigenvalue weighted by Crippen LogP contribution is 2.30. The third-order valence-corrected chi connectivity index (χ3v) is 6.88. The largest absolute Gasteiger partial charge is 0.497 e. The molecule has 0 saturated heterocycles. The Labute approximate surface area is 180 Å². The lowest BCUT2D eigenvalue weighted by Gasteiger charge is -2.02. The second kappa shape index (κ2) is 7.85. The predicted molar refractivity (Wildman–Crippen MR) is 123 cm³/mol. The maximum Gasteiger partial charge on any atom is 0.271 e. The van der Waals surface area contributed by atoms with Crippen LogP contribution in [-0.2, 0) is 6.54 Å². The number of rotatable bonds is 5. The molecule has 0 amide bonds. The molecule has 0 saturated carbocycles. The van der Waals surface area contributed by atoms with Gasteiger partial charge in [-0.1, -0.05) is 30.3 Å². The first-order valence-electron chi connectivity index (χ1n) is 9.34. The van der Waals surface area contributed by atoms with Gasteiger partial charge in [-0.2, -0.15) is 0 Å². The van der Waals surface area contributed by atoms with Gasteiger partial charge >= 0.3 is 0 Å². The second-order valence-corrected chi connectivity index (χ2v) is 8.65. The first kappa shape index (κ1) is 18.7. The zero-order valence-electron chi connectivity index (χ0n) is 16.1. The van der Waals surface area contributed by atoms with Crippen molar-refractivity contribution in [3.63, 3.8) is 0 Å². The van der Waals surface area contributed by atoms with Crippen LogP contribution in [0.4, 0.5) is 0 Å². The molecule has 0 atom stereocenters. The number of hydrogen-bond acceptors (Lipinski definition) is 6. The van der Waals surface area contributed by atoms with Crippen LogP contribution in [0.3, 0.4) is 0 Å². The minimum absolute atomic E-state index is 0.0359. The summed E-state index contributed by atoms with van der Waals surface area (Å²) in [4.78, 5) is 23.3. The van der Waals surface area contributed by atoms with Crippen LogP contribution in [0.5, 0.6) is 5.75 Å². The van der Waals surface area contributed by atoms with Gasteiger partial charge < -0.3 is 4.74 Å². The van der Waals surface area contributed by atoms with Crippen LogP contribution in [0.1, 0.15) is 5.69 Å². The lowest BCUT2D eigenvalue weighted by atomic mass is 10.2. The zero-order valence-corrected chi connectivity index (χ0v) is 17.7. The Morgan fingerprint density at radius 2 is 1.83 bits per heavy atom. The smallest absolute Gasteiger partial charge is 0.271 e. The van der Waals surface area contributed by atoms with Crippen molar-refractivity contribution < 1.29 is 4.74 Å². The number of benzene rings is 2. The highest BCUT2D eigenvalue weighted by molar-refractivity contribution is 7.22. The fourth-order valence-corrected chi connectivity index (χ4v) is 5.11. The van der Waals surface area contributed by atoms with E-state index in [0.717, 1.165) is 38.0 Å². The van der Waals surface area contributed by atoms with Gasteiger partial charge in [-0.15, -0.1) is 22.7 Å². The van der Waals surface area contributed by atoms with Gasteiger partial charge in [0, 0.05) is 15.8 Å². The quantitative estimate of drug-likeness (QED) is 0.379. The Kier molecular flexibility index (Phi) is 4.90. The molecule has 3 aromatic heterocycles. The first-order valence-corrected chi connectivity index (χ1v) is 11.0. The molecule has 0 bridgehead atoms. The third-order valence-electron chi connectivity index (χ3n) is 4.78. The van der Waals surface area contributed by atoms with Crippen molar-refractivity contribution >= 4 is 32.9 Å². The summed E-state index contributed by atoms with van der Waals surface area (Å²) in [6.07, 6.45) is 1.61. The Hall–Kier alpha value is -3.29. The van der Waals surface area contributed by atoms with E-state index in [9.17, 15) is 4.79 Å². The number of thiophene rings is 1. The normalized spacial score (nSPS) is 11.1. The van der Waals surface area contributed by atoms with Gasteiger partial charge in [0.15, 0.2) is 0 Å². The number of ether oxygens (including phenoxy) is 1. The highest BCUT2D eigenvalue weighted by Gasteiger charge is 2.12. The maximum atomic E-state index is 13.0. The topological polar surface area (TPSA) is 57.0 Å². The van der Waals surface area contributed by atoms with Crippen LogP contribution in [0.2, 0.25) is 0 Å². The van der Waals surface area contributed by atoms with E-state index in [0.29, 0.717) is 11.2 Å². The molecule has 148 valence electrons. The molecule has 5 nitrogen and oxygen atoms in total. The standard InChI is InChI=1S/C23H17N3O2S2/c1-28-18-9-7-16(8-10-18)22-25-17(13-29-22)12-26-14-24-19-11-20(30-21(19)23(26)27)15-5-3-2-4-6-15/h2-11,13-14H,12H2,1H3. The summed E-state index contributed by atoms with van der Waals surface area (Å²) < 4.78 is 7.50.